The van der Waals surface area contributed by atoms with Gasteiger partial charge in [-0.1, -0.05) is 18.5 Å². The van der Waals surface area contributed by atoms with E-state index in [1.165, 1.54) is 0 Å². The van der Waals surface area contributed by atoms with Crippen LogP contribution in [0, 0.1) is 0 Å². The molecule has 0 saturated carbocycles. The Hall–Kier alpha value is -1.32. The van der Waals surface area contributed by atoms with E-state index in [0.29, 0.717) is 17.2 Å². The van der Waals surface area contributed by atoms with Gasteiger partial charge in [-0.2, -0.15) is 0 Å². The Labute approximate surface area is 124 Å². The Morgan fingerprint density at radius 3 is 3.15 bits per heavy atom. The molecule has 20 heavy (non-hydrogen) atoms. The molecule has 0 aliphatic carbocycles. The van der Waals surface area contributed by atoms with Crippen LogP contribution in [0.25, 0.3) is 10.9 Å². The third kappa shape index (κ3) is 2.74. The first kappa shape index (κ1) is 13.7. The molecule has 1 aromatic carbocycles. The van der Waals surface area contributed by atoms with Gasteiger partial charge in [0.15, 0.2) is 0 Å². The predicted octanol–water partition coefficient (Wildman–Crippen LogP) is 4.26. The second kappa shape index (κ2) is 5.98. The molecule has 1 aliphatic rings. The Morgan fingerprint density at radius 2 is 2.30 bits per heavy atom. The molecule has 3 nitrogen and oxygen atoms in total. The molecule has 2 unspecified atom stereocenters. The monoisotopic (exact) mass is 290 g/mol. The normalized spacial score (nSPS) is 22.9. The molecule has 106 valence electrons. The van der Waals surface area contributed by atoms with Crippen molar-refractivity contribution in [2.45, 2.75) is 38.3 Å². The summed E-state index contributed by atoms with van der Waals surface area (Å²) in [6.45, 7) is 3.01. The number of pyridine rings is 1. The van der Waals surface area contributed by atoms with Crippen molar-refractivity contribution in [3.8, 4) is 0 Å². The van der Waals surface area contributed by atoms with Gasteiger partial charge in [0.2, 0.25) is 0 Å². The Morgan fingerprint density at radius 1 is 1.40 bits per heavy atom. The number of rotatable bonds is 3. The van der Waals surface area contributed by atoms with E-state index < -0.39 is 0 Å². The molecule has 0 bridgehead atoms. The van der Waals surface area contributed by atoms with Crippen molar-refractivity contribution >= 4 is 28.2 Å². The number of hydrogen-bond donors (Lipinski definition) is 1. The van der Waals surface area contributed by atoms with Gasteiger partial charge in [0.05, 0.1) is 16.6 Å². The lowest BCUT2D eigenvalue weighted by molar-refractivity contribution is 0.00927. The Bertz CT molecular complexity index is 602. The van der Waals surface area contributed by atoms with Crippen LogP contribution < -0.4 is 5.32 Å². The fraction of sp³-hybridized carbons (Fsp3) is 0.438. The van der Waals surface area contributed by atoms with E-state index in [1.807, 2.05) is 18.2 Å². The highest BCUT2D eigenvalue weighted by atomic mass is 35.5. The molecular weight excluding hydrogens is 272 g/mol. The lowest BCUT2D eigenvalue weighted by atomic mass is 10.0. The number of anilines is 1. The molecule has 1 fully saturated rings. The van der Waals surface area contributed by atoms with Crippen molar-refractivity contribution in [3.05, 3.63) is 35.5 Å². The van der Waals surface area contributed by atoms with E-state index in [9.17, 15) is 0 Å². The number of hydrogen-bond acceptors (Lipinski definition) is 3. The second-order valence-corrected chi connectivity index (χ2v) is 5.67. The minimum atomic E-state index is 0.373. The molecule has 4 heteroatoms. The predicted molar refractivity (Wildman–Crippen MR) is 83.4 cm³/mol. The molecule has 2 heterocycles. The fourth-order valence-electron chi connectivity index (χ4n) is 2.78. The Kier molecular flexibility index (Phi) is 4.08. The molecule has 2 aromatic rings. The van der Waals surface area contributed by atoms with Gasteiger partial charge in [-0.3, -0.25) is 4.98 Å². The highest BCUT2D eigenvalue weighted by molar-refractivity contribution is 6.35. The second-order valence-electron chi connectivity index (χ2n) is 5.26. The molecule has 0 amide bonds. The van der Waals surface area contributed by atoms with Crippen LogP contribution in [0.15, 0.2) is 30.5 Å². The summed E-state index contributed by atoms with van der Waals surface area (Å²) < 4.78 is 5.73. The first-order valence-corrected chi connectivity index (χ1v) is 7.57. The minimum Gasteiger partial charge on any atom is -0.382 e. The topological polar surface area (TPSA) is 34.2 Å². The molecule has 0 spiro atoms. The maximum absolute atomic E-state index is 6.21. The van der Waals surface area contributed by atoms with E-state index >= 15 is 0 Å². The van der Waals surface area contributed by atoms with Crippen LogP contribution in [0.2, 0.25) is 5.02 Å². The van der Waals surface area contributed by atoms with Gasteiger partial charge in [-0.05, 0) is 43.5 Å². The summed E-state index contributed by atoms with van der Waals surface area (Å²) in [6, 6.07) is 8.42. The maximum Gasteiger partial charge on any atom is 0.0908 e. The minimum absolute atomic E-state index is 0.373. The van der Waals surface area contributed by atoms with Gasteiger partial charge in [0.1, 0.15) is 0 Å². The molecule has 2 atom stereocenters. The molecule has 1 saturated heterocycles. The van der Waals surface area contributed by atoms with Gasteiger partial charge in [-0.25, -0.2) is 0 Å². The molecule has 3 rings (SSSR count). The summed E-state index contributed by atoms with van der Waals surface area (Å²) in [7, 11) is 0. The van der Waals surface area contributed by atoms with Gasteiger partial charge in [0.25, 0.3) is 0 Å². The summed E-state index contributed by atoms with van der Waals surface area (Å²) in [6.07, 6.45) is 5.32. The largest absolute Gasteiger partial charge is 0.382 e. The highest BCUT2D eigenvalue weighted by Gasteiger charge is 2.21. The average Bonchev–Trinajstić information content (AvgIpc) is 2.51. The van der Waals surface area contributed by atoms with Crippen molar-refractivity contribution in [3.63, 3.8) is 0 Å². The smallest absolute Gasteiger partial charge is 0.0908 e. The zero-order chi connectivity index (χ0) is 13.9. The summed E-state index contributed by atoms with van der Waals surface area (Å²) >= 11 is 6.21. The van der Waals surface area contributed by atoms with Crippen molar-refractivity contribution < 1.29 is 4.74 Å². The fourth-order valence-corrected chi connectivity index (χ4v) is 2.99. The van der Waals surface area contributed by atoms with E-state index in [-0.39, 0.29) is 0 Å². The standard InChI is InChI=1S/C16H19ClN2O/c1-2-12-10-11(7-9-20-12)19-15-6-5-14(17)16-13(15)4-3-8-18-16/h3-6,8,11-12,19H,2,7,9-10H2,1H3. The van der Waals surface area contributed by atoms with Crippen LogP contribution >= 0.6 is 11.6 Å². The quantitative estimate of drug-likeness (QED) is 0.917. The van der Waals surface area contributed by atoms with Crippen LogP contribution in [0.1, 0.15) is 26.2 Å². The molecule has 1 N–H and O–H groups in total. The molecule has 1 aliphatic heterocycles. The van der Waals surface area contributed by atoms with Crippen molar-refractivity contribution in [1.29, 1.82) is 0 Å². The van der Waals surface area contributed by atoms with E-state index in [2.05, 4.69) is 23.3 Å². The third-order valence-electron chi connectivity index (χ3n) is 3.90. The Balaban J connectivity index is 1.86. The highest BCUT2D eigenvalue weighted by Crippen LogP contribution is 2.30. The van der Waals surface area contributed by atoms with Gasteiger partial charge < -0.3 is 10.1 Å². The number of fused-ring (bicyclic) bond motifs is 1. The SMILES string of the molecule is CCC1CC(Nc2ccc(Cl)c3ncccc23)CCO1. The number of ether oxygens (including phenoxy) is 1. The summed E-state index contributed by atoms with van der Waals surface area (Å²) in [5.41, 5.74) is 1.97. The van der Waals surface area contributed by atoms with E-state index in [0.717, 1.165) is 42.5 Å². The first-order valence-electron chi connectivity index (χ1n) is 7.19. The van der Waals surface area contributed by atoms with Crippen molar-refractivity contribution in [2.75, 3.05) is 11.9 Å². The lowest BCUT2D eigenvalue weighted by Gasteiger charge is -2.30. The first-order chi connectivity index (χ1) is 9.78. The van der Waals surface area contributed by atoms with Crippen LogP contribution in [0.4, 0.5) is 5.69 Å². The molecule has 0 radical (unpaired) electrons. The van der Waals surface area contributed by atoms with Gasteiger partial charge in [0, 0.05) is 29.9 Å². The molecular formula is C16H19ClN2O. The number of benzene rings is 1. The lowest BCUT2D eigenvalue weighted by Crippen LogP contribution is -2.33. The zero-order valence-corrected chi connectivity index (χ0v) is 12.4. The molecule has 1 aromatic heterocycles. The maximum atomic E-state index is 6.21. The zero-order valence-electron chi connectivity index (χ0n) is 11.6. The van der Waals surface area contributed by atoms with Crippen LogP contribution in [-0.4, -0.2) is 23.7 Å². The number of nitrogens with one attached hydrogen (secondary N) is 1. The summed E-state index contributed by atoms with van der Waals surface area (Å²) in [5, 5.41) is 5.42. The van der Waals surface area contributed by atoms with Crippen LogP contribution in [0.5, 0.6) is 0 Å². The van der Waals surface area contributed by atoms with E-state index in [1.54, 1.807) is 6.20 Å². The number of halogens is 1. The summed E-state index contributed by atoms with van der Waals surface area (Å²) in [5.74, 6) is 0. The third-order valence-corrected chi connectivity index (χ3v) is 4.21. The number of nitrogens with zero attached hydrogens (tertiary/aromatic N) is 1. The average molecular weight is 291 g/mol. The van der Waals surface area contributed by atoms with Gasteiger partial charge >= 0.3 is 0 Å². The van der Waals surface area contributed by atoms with Crippen LogP contribution in [-0.2, 0) is 4.74 Å². The summed E-state index contributed by atoms with van der Waals surface area (Å²) in [4.78, 5) is 4.37. The number of aromatic nitrogens is 1. The van der Waals surface area contributed by atoms with Crippen molar-refractivity contribution in [1.82, 2.24) is 4.98 Å². The van der Waals surface area contributed by atoms with E-state index in [4.69, 9.17) is 16.3 Å². The van der Waals surface area contributed by atoms with Crippen molar-refractivity contribution in [2.24, 2.45) is 0 Å². The van der Waals surface area contributed by atoms with Crippen LogP contribution in [0.3, 0.4) is 0 Å². The van der Waals surface area contributed by atoms with Gasteiger partial charge in [-0.15, -0.1) is 0 Å².